The number of halogens is 4. The van der Waals surface area contributed by atoms with Crippen molar-refractivity contribution >= 4 is 0 Å². The third kappa shape index (κ3) is 3.28. The highest BCUT2D eigenvalue weighted by Crippen LogP contribution is 2.29. The molecule has 118 valence electrons. The van der Waals surface area contributed by atoms with Crippen LogP contribution in [0.1, 0.15) is 5.82 Å². The molecule has 3 rings (SSSR count). The first-order chi connectivity index (χ1) is 10.9. The van der Waals surface area contributed by atoms with Crippen molar-refractivity contribution < 1.29 is 26.8 Å². The van der Waals surface area contributed by atoms with E-state index in [0.29, 0.717) is 0 Å². The average molecular weight is 325 g/mol. The number of aromatic nitrogens is 3. The molecule has 0 aliphatic rings. The number of nitrogens with zero attached hydrogens (tertiary/aromatic N) is 3. The van der Waals surface area contributed by atoms with E-state index in [1.54, 1.807) is 6.07 Å². The number of hydrogen-bond acceptors (Lipinski definition) is 5. The zero-order valence-electron chi connectivity index (χ0n) is 11.2. The molecule has 0 spiro atoms. The number of hydrogen-bond donors (Lipinski definition) is 0. The first-order valence-corrected chi connectivity index (χ1v) is 6.23. The second-order valence-corrected chi connectivity index (χ2v) is 4.34. The number of pyridine rings is 1. The monoisotopic (exact) mass is 325 g/mol. The fourth-order valence-electron chi connectivity index (χ4n) is 1.66. The largest absolute Gasteiger partial charge is 0.455 e. The lowest BCUT2D eigenvalue weighted by molar-refractivity contribution is -0.146. The molecule has 0 saturated heterocycles. The molecule has 0 radical (unpaired) electrons. The minimum absolute atomic E-state index is 0.0232. The van der Waals surface area contributed by atoms with Crippen LogP contribution < -0.4 is 4.74 Å². The zero-order valence-corrected chi connectivity index (χ0v) is 11.2. The van der Waals surface area contributed by atoms with Crippen LogP contribution in [0.25, 0.3) is 11.5 Å². The Labute approximate surface area is 126 Å². The van der Waals surface area contributed by atoms with Crippen LogP contribution in [0.15, 0.2) is 47.1 Å². The predicted molar refractivity (Wildman–Crippen MR) is 69.0 cm³/mol. The van der Waals surface area contributed by atoms with Crippen LogP contribution in [0.2, 0.25) is 0 Å². The lowest BCUT2D eigenvalue weighted by atomic mass is 10.3. The Morgan fingerprint density at radius 2 is 1.83 bits per heavy atom. The van der Waals surface area contributed by atoms with Crippen molar-refractivity contribution in [3.63, 3.8) is 0 Å². The SMILES string of the molecule is Fc1ccccc1Oc1ccc(-c2nc(C(F)(F)F)no2)cn1. The lowest BCUT2D eigenvalue weighted by Gasteiger charge is -2.05. The molecule has 0 atom stereocenters. The van der Waals surface area contributed by atoms with E-state index >= 15 is 0 Å². The molecule has 23 heavy (non-hydrogen) atoms. The van der Waals surface area contributed by atoms with E-state index in [1.807, 2.05) is 0 Å². The van der Waals surface area contributed by atoms with Crippen molar-refractivity contribution in [3.05, 3.63) is 54.2 Å². The standard InChI is InChI=1S/C14H7F4N3O2/c15-9-3-1-2-4-10(9)22-11-6-5-8(7-19-11)12-20-13(21-23-12)14(16,17)18/h1-7H. The van der Waals surface area contributed by atoms with E-state index in [-0.39, 0.29) is 23.1 Å². The molecule has 0 amide bonds. The van der Waals surface area contributed by atoms with Gasteiger partial charge in [-0.1, -0.05) is 17.3 Å². The molecule has 0 N–H and O–H groups in total. The summed E-state index contributed by atoms with van der Waals surface area (Å²) in [5.41, 5.74) is 0.175. The van der Waals surface area contributed by atoms with Gasteiger partial charge in [-0.25, -0.2) is 9.37 Å². The summed E-state index contributed by atoms with van der Waals surface area (Å²) in [7, 11) is 0. The maximum Gasteiger partial charge on any atom is 0.455 e. The van der Waals surface area contributed by atoms with E-state index in [1.165, 1.54) is 36.5 Å². The van der Waals surface area contributed by atoms with E-state index in [9.17, 15) is 17.6 Å². The van der Waals surface area contributed by atoms with Gasteiger partial charge in [-0.3, -0.25) is 0 Å². The van der Waals surface area contributed by atoms with Crippen molar-refractivity contribution in [3.8, 4) is 23.1 Å². The Morgan fingerprint density at radius 1 is 1.04 bits per heavy atom. The molecule has 5 nitrogen and oxygen atoms in total. The summed E-state index contributed by atoms with van der Waals surface area (Å²) in [5.74, 6) is -2.23. The quantitative estimate of drug-likeness (QED) is 0.679. The van der Waals surface area contributed by atoms with Gasteiger partial charge in [0.1, 0.15) is 0 Å². The number of ether oxygens (including phenoxy) is 1. The molecule has 2 aromatic heterocycles. The smallest absolute Gasteiger partial charge is 0.436 e. The summed E-state index contributed by atoms with van der Waals surface area (Å²) in [6.45, 7) is 0. The van der Waals surface area contributed by atoms with Crippen LogP contribution in [0, 0.1) is 5.82 Å². The fraction of sp³-hybridized carbons (Fsp3) is 0.0714. The Kier molecular flexibility index (Phi) is 3.68. The minimum Gasteiger partial charge on any atom is -0.436 e. The number of para-hydroxylation sites is 1. The van der Waals surface area contributed by atoms with E-state index in [0.717, 1.165) is 0 Å². The van der Waals surface area contributed by atoms with E-state index in [2.05, 4.69) is 19.6 Å². The molecule has 1 aromatic carbocycles. The highest BCUT2D eigenvalue weighted by atomic mass is 19.4. The van der Waals surface area contributed by atoms with Crippen LogP contribution in [0.5, 0.6) is 11.6 Å². The molecule has 0 aliphatic heterocycles. The zero-order chi connectivity index (χ0) is 16.4. The normalized spacial score (nSPS) is 11.5. The molecule has 0 bridgehead atoms. The first kappa shape index (κ1) is 14.9. The van der Waals surface area contributed by atoms with Gasteiger partial charge in [0.15, 0.2) is 11.6 Å². The average Bonchev–Trinajstić information content (AvgIpc) is 3.00. The highest BCUT2D eigenvalue weighted by molar-refractivity contribution is 5.51. The molecule has 0 unspecified atom stereocenters. The van der Waals surface area contributed by atoms with Crippen LogP contribution in [-0.2, 0) is 6.18 Å². The summed E-state index contributed by atoms with van der Waals surface area (Å²) in [6.07, 6.45) is -3.51. The number of benzene rings is 1. The van der Waals surface area contributed by atoms with Crippen molar-refractivity contribution in [1.82, 2.24) is 15.1 Å². The third-order valence-electron chi connectivity index (χ3n) is 2.71. The van der Waals surface area contributed by atoms with Gasteiger partial charge in [0.05, 0.1) is 5.56 Å². The van der Waals surface area contributed by atoms with Gasteiger partial charge >= 0.3 is 6.18 Å². The summed E-state index contributed by atoms with van der Waals surface area (Å²) in [6, 6.07) is 8.45. The van der Waals surface area contributed by atoms with Gasteiger partial charge in [-0.2, -0.15) is 18.2 Å². The Morgan fingerprint density at radius 3 is 2.43 bits per heavy atom. The van der Waals surface area contributed by atoms with Crippen molar-refractivity contribution in [2.45, 2.75) is 6.18 Å². The summed E-state index contributed by atoms with van der Waals surface area (Å²) < 4.78 is 60.4. The second kappa shape index (κ2) is 5.67. The second-order valence-electron chi connectivity index (χ2n) is 4.34. The molecule has 3 aromatic rings. The van der Waals surface area contributed by atoms with E-state index in [4.69, 9.17) is 4.74 Å². The van der Waals surface area contributed by atoms with Gasteiger partial charge < -0.3 is 9.26 Å². The fourth-order valence-corrected chi connectivity index (χ4v) is 1.66. The van der Waals surface area contributed by atoms with Crippen molar-refractivity contribution in [2.75, 3.05) is 0 Å². The molecule has 2 heterocycles. The molecule has 9 heteroatoms. The summed E-state index contributed by atoms with van der Waals surface area (Å²) in [5, 5.41) is 2.85. The molecule has 0 saturated carbocycles. The summed E-state index contributed by atoms with van der Waals surface area (Å²) >= 11 is 0. The highest BCUT2D eigenvalue weighted by Gasteiger charge is 2.37. The van der Waals surface area contributed by atoms with Crippen LogP contribution in [-0.4, -0.2) is 15.1 Å². The van der Waals surface area contributed by atoms with Gasteiger partial charge in [0.2, 0.25) is 5.88 Å². The molecule has 0 fully saturated rings. The molecular weight excluding hydrogens is 318 g/mol. The molecular formula is C14H7F4N3O2. The van der Waals surface area contributed by atoms with Crippen LogP contribution in [0.4, 0.5) is 17.6 Å². The third-order valence-corrected chi connectivity index (χ3v) is 2.71. The van der Waals surface area contributed by atoms with Crippen LogP contribution in [0.3, 0.4) is 0 Å². The lowest BCUT2D eigenvalue weighted by Crippen LogP contribution is -2.07. The topological polar surface area (TPSA) is 61.0 Å². The van der Waals surface area contributed by atoms with Crippen molar-refractivity contribution in [2.24, 2.45) is 0 Å². The first-order valence-electron chi connectivity index (χ1n) is 6.23. The number of rotatable bonds is 3. The maximum absolute atomic E-state index is 13.4. The van der Waals surface area contributed by atoms with E-state index < -0.39 is 17.8 Å². The Hall–Kier alpha value is -2.97. The van der Waals surface area contributed by atoms with Gasteiger partial charge in [0, 0.05) is 12.3 Å². The van der Waals surface area contributed by atoms with Crippen molar-refractivity contribution in [1.29, 1.82) is 0 Å². The van der Waals surface area contributed by atoms with Gasteiger partial charge in [0.25, 0.3) is 11.7 Å². The van der Waals surface area contributed by atoms with Gasteiger partial charge in [-0.15, -0.1) is 0 Å². The molecule has 0 aliphatic carbocycles. The number of alkyl halides is 3. The Bertz CT molecular complexity index is 815. The minimum atomic E-state index is -4.69. The van der Waals surface area contributed by atoms with Gasteiger partial charge in [-0.05, 0) is 18.2 Å². The predicted octanol–water partition coefficient (Wildman–Crippen LogP) is 4.08. The maximum atomic E-state index is 13.4. The summed E-state index contributed by atoms with van der Waals surface area (Å²) in [4.78, 5) is 7.10. The van der Waals surface area contributed by atoms with Crippen LogP contribution >= 0.6 is 0 Å². The Balaban J connectivity index is 1.80.